The summed E-state index contributed by atoms with van der Waals surface area (Å²) in [7, 11) is 0. The van der Waals surface area contributed by atoms with E-state index >= 15 is 0 Å². The molecule has 0 atom stereocenters. The Kier molecular flexibility index (Phi) is 4.05. The van der Waals surface area contributed by atoms with Crippen LogP contribution in [0.2, 0.25) is 0 Å². The van der Waals surface area contributed by atoms with Gasteiger partial charge < -0.3 is 9.80 Å². The van der Waals surface area contributed by atoms with E-state index in [9.17, 15) is 0 Å². The van der Waals surface area contributed by atoms with Crippen molar-refractivity contribution in [3.05, 3.63) is 45.8 Å². The lowest BCUT2D eigenvalue weighted by atomic mass is 10.2. The lowest BCUT2D eigenvalue weighted by Crippen LogP contribution is -2.47. The maximum Gasteiger partial charge on any atom is 0.225 e. The molecule has 0 radical (unpaired) electrons. The highest BCUT2D eigenvalue weighted by Gasteiger charge is 2.19. The topological polar surface area (TPSA) is 32.3 Å². The van der Waals surface area contributed by atoms with E-state index in [0.29, 0.717) is 0 Å². The van der Waals surface area contributed by atoms with E-state index < -0.39 is 0 Å². The van der Waals surface area contributed by atoms with Crippen LogP contribution >= 0.6 is 22.6 Å². The molecule has 0 N–H and O–H groups in total. The Morgan fingerprint density at radius 3 is 2.30 bits per heavy atom. The van der Waals surface area contributed by atoms with Crippen LogP contribution in [0.25, 0.3) is 0 Å². The van der Waals surface area contributed by atoms with Crippen LogP contribution in [0, 0.1) is 10.5 Å². The van der Waals surface area contributed by atoms with Gasteiger partial charge in [0.1, 0.15) is 0 Å². The summed E-state index contributed by atoms with van der Waals surface area (Å²) in [6, 6.07) is 8.69. The molecule has 0 spiro atoms. The van der Waals surface area contributed by atoms with Crippen LogP contribution in [0.1, 0.15) is 5.56 Å². The molecule has 0 amide bonds. The Labute approximate surface area is 133 Å². The van der Waals surface area contributed by atoms with Crippen LogP contribution in [0.15, 0.2) is 36.7 Å². The number of halogens is 1. The Morgan fingerprint density at radius 2 is 1.65 bits per heavy atom. The van der Waals surface area contributed by atoms with Crippen LogP contribution in [0.4, 0.5) is 11.6 Å². The lowest BCUT2D eigenvalue weighted by molar-refractivity contribution is 0.639. The van der Waals surface area contributed by atoms with Gasteiger partial charge in [0.2, 0.25) is 5.95 Å². The van der Waals surface area contributed by atoms with Crippen molar-refractivity contribution in [2.75, 3.05) is 36.0 Å². The lowest BCUT2D eigenvalue weighted by Gasteiger charge is -2.36. The number of aryl methyl sites for hydroxylation is 1. The molecule has 3 rings (SSSR count). The van der Waals surface area contributed by atoms with Crippen LogP contribution in [-0.4, -0.2) is 36.1 Å². The van der Waals surface area contributed by atoms with Gasteiger partial charge in [-0.1, -0.05) is 12.1 Å². The zero-order valence-corrected chi connectivity index (χ0v) is 13.6. The quantitative estimate of drug-likeness (QED) is 0.751. The number of hydrogen-bond acceptors (Lipinski definition) is 4. The molecule has 1 aromatic carbocycles. The SMILES string of the molecule is Cc1cccc(N2CCN(c3ncc(I)cn3)CC2)c1. The molecule has 0 bridgehead atoms. The second-order valence-corrected chi connectivity index (χ2v) is 6.26. The second kappa shape index (κ2) is 5.95. The molecule has 104 valence electrons. The van der Waals surface area contributed by atoms with Crippen molar-refractivity contribution >= 4 is 34.2 Å². The second-order valence-electron chi connectivity index (χ2n) is 5.01. The largest absolute Gasteiger partial charge is 0.368 e. The molecule has 0 aliphatic carbocycles. The number of piperazine rings is 1. The molecule has 1 saturated heterocycles. The van der Waals surface area contributed by atoms with Gasteiger partial charge in [0.15, 0.2) is 0 Å². The number of nitrogens with zero attached hydrogens (tertiary/aromatic N) is 4. The molecule has 1 aliphatic rings. The van der Waals surface area contributed by atoms with E-state index in [0.717, 1.165) is 35.7 Å². The summed E-state index contributed by atoms with van der Waals surface area (Å²) in [5.74, 6) is 0.842. The van der Waals surface area contributed by atoms with Crippen molar-refractivity contribution in [3.63, 3.8) is 0 Å². The molecule has 2 aromatic rings. The number of benzene rings is 1. The maximum atomic E-state index is 4.40. The summed E-state index contributed by atoms with van der Waals surface area (Å²) in [6.45, 7) is 6.10. The molecule has 1 aromatic heterocycles. The summed E-state index contributed by atoms with van der Waals surface area (Å²) in [5, 5.41) is 0. The zero-order chi connectivity index (χ0) is 13.9. The van der Waals surface area contributed by atoms with Crippen LogP contribution in [0.3, 0.4) is 0 Å². The van der Waals surface area contributed by atoms with Crippen LogP contribution < -0.4 is 9.80 Å². The number of anilines is 2. The minimum atomic E-state index is 0.842. The molecule has 1 fully saturated rings. The van der Waals surface area contributed by atoms with E-state index in [1.165, 1.54) is 11.3 Å². The molecule has 4 nitrogen and oxygen atoms in total. The maximum absolute atomic E-state index is 4.40. The first-order valence-corrected chi connectivity index (χ1v) is 7.84. The van der Waals surface area contributed by atoms with Gasteiger partial charge in [-0.25, -0.2) is 9.97 Å². The number of rotatable bonds is 2. The van der Waals surface area contributed by atoms with Gasteiger partial charge in [-0.3, -0.25) is 0 Å². The van der Waals surface area contributed by atoms with E-state index in [1.807, 2.05) is 12.4 Å². The average Bonchev–Trinajstić information content (AvgIpc) is 2.48. The third kappa shape index (κ3) is 3.03. The van der Waals surface area contributed by atoms with E-state index in [-0.39, 0.29) is 0 Å². The van der Waals surface area contributed by atoms with Crippen molar-refractivity contribution in [3.8, 4) is 0 Å². The molecule has 0 unspecified atom stereocenters. The predicted octanol–water partition coefficient (Wildman–Crippen LogP) is 2.72. The van der Waals surface area contributed by atoms with Crippen molar-refractivity contribution in [1.29, 1.82) is 0 Å². The van der Waals surface area contributed by atoms with Crippen molar-refractivity contribution < 1.29 is 0 Å². The standard InChI is InChI=1S/C15H17IN4/c1-12-3-2-4-14(9-12)19-5-7-20(8-6-19)15-17-10-13(16)11-18-15/h2-4,9-11H,5-8H2,1H3. The normalized spacial score (nSPS) is 15.5. The fraction of sp³-hybridized carbons (Fsp3) is 0.333. The smallest absolute Gasteiger partial charge is 0.225 e. The van der Waals surface area contributed by atoms with Crippen molar-refractivity contribution in [1.82, 2.24) is 9.97 Å². The first-order valence-electron chi connectivity index (χ1n) is 6.76. The molecule has 1 aliphatic heterocycles. The number of aromatic nitrogens is 2. The third-order valence-electron chi connectivity index (χ3n) is 3.54. The molecular formula is C15H17IN4. The van der Waals surface area contributed by atoms with Crippen molar-refractivity contribution in [2.24, 2.45) is 0 Å². The number of hydrogen-bond donors (Lipinski definition) is 0. The van der Waals surface area contributed by atoms with Crippen molar-refractivity contribution in [2.45, 2.75) is 6.92 Å². The van der Waals surface area contributed by atoms with Gasteiger partial charge in [0.25, 0.3) is 0 Å². The summed E-state index contributed by atoms with van der Waals surface area (Å²) in [5.41, 5.74) is 2.62. The zero-order valence-electron chi connectivity index (χ0n) is 11.5. The first kappa shape index (κ1) is 13.6. The summed E-state index contributed by atoms with van der Waals surface area (Å²) in [6.07, 6.45) is 3.74. The molecule has 20 heavy (non-hydrogen) atoms. The van der Waals surface area contributed by atoms with Gasteiger partial charge in [-0.15, -0.1) is 0 Å². The highest BCUT2D eigenvalue weighted by molar-refractivity contribution is 14.1. The van der Waals surface area contributed by atoms with E-state index in [2.05, 4.69) is 73.5 Å². The van der Waals surface area contributed by atoms with Gasteiger partial charge in [-0.05, 0) is 47.2 Å². The van der Waals surface area contributed by atoms with Crippen LogP contribution in [0.5, 0.6) is 0 Å². The minimum absolute atomic E-state index is 0.842. The average molecular weight is 380 g/mol. The fourth-order valence-electron chi connectivity index (χ4n) is 2.46. The molecule has 2 heterocycles. The van der Waals surface area contributed by atoms with E-state index in [4.69, 9.17) is 0 Å². The molecular weight excluding hydrogens is 363 g/mol. The summed E-state index contributed by atoms with van der Waals surface area (Å²) >= 11 is 2.23. The molecule has 0 saturated carbocycles. The highest BCUT2D eigenvalue weighted by Crippen LogP contribution is 2.19. The Morgan fingerprint density at radius 1 is 1.00 bits per heavy atom. The minimum Gasteiger partial charge on any atom is -0.368 e. The predicted molar refractivity (Wildman–Crippen MR) is 90.4 cm³/mol. The summed E-state index contributed by atoms with van der Waals surface area (Å²) < 4.78 is 1.07. The van der Waals surface area contributed by atoms with E-state index in [1.54, 1.807) is 0 Å². The first-order chi connectivity index (χ1) is 9.72. The summed E-state index contributed by atoms with van der Waals surface area (Å²) in [4.78, 5) is 13.5. The van der Waals surface area contributed by atoms with Gasteiger partial charge in [0.05, 0.1) is 0 Å². The van der Waals surface area contributed by atoms with Gasteiger partial charge >= 0.3 is 0 Å². The monoisotopic (exact) mass is 380 g/mol. The van der Waals surface area contributed by atoms with Crippen LogP contribution in [-0.2, 0) is 0 Å². The van der Waals surface area contributed by atoms with Gasteiger partial charge in [-0.2, -0.15) is 0 Å². The third-order valence-corrected chi connectivity index (χ3v) is 4.09. The Bertz CT molecular complexity index is 577. The van der Waals surface area contributed by atoms with Gasteiger partial charge in [0, 0.05) is 47.8 Å². The Hall–Kier alpha value is -1.37. The molecule has 5 heteroatoms. The highest BCUT2D eigenvalue weighted by atomic mass is 127. The fourth-order valence-corrected chi connectivity index (χ4v) is 2.74. The Balaban J connectivity index is 1.66.